The molecular formula is C13H17N3S. The molecule has 1 aromatic heterocycles. The van der Waals surface area contributed by atoms with E-state index in [1.54, 1.807) is 0 Å². The van der Waals surface area contributed by atoms with Crippen molar-refractivity contribution < 1.29 is 0 Å². The average Bonchev–Trinajstić information content (AvgIpc) is 2.65. The normalized spacial score (nSPS) is 10.9. The van der Waals surface area contributed by atoms with Crippen LogP contribution in [0.3, 0.4) is 0 Å². The first-order chi connectivity index (χ1) is 8.22. The predicted molar refractivity (Wildman–Crippen MR) is 74.6 cm³/mol. The lowest BCUT2D eigenvalue weighted by Crippen LogP contribution is -2.02. The lowest BCUT2D eigenvalue weighted by Gasteiger charge is -2.02. The summed E-state index contributed by atoms with van der Waals surface area (Å²) in [6.45, 7) is 3.21. The molecule has 0 aliphatic rings. The number of unbranched alkanes of at least 4 members (excludes halogenated alkanes) is 1. The first-order valence-electron chi connectivity index (χ1n) is 5.82. The van der Waals surface area contributed by atoms with Crippen LogP contribution in [0.4, 0.5) is 0 Å². The predicted octanol–water partition coefficient (Wildman–Crippen LogP) is 3.43. The van der Waals surface area contributed by atoms with Crippen molar-refractivity contribution in [2.45, 2.75) is 31.2 Å². The van der Waals surface area contributed by atoms with Gasteiger partial charge < -0.3 is 10.3 Å². The zero-order valence-corrected chi connectivity index (χ0v) is 10.8. The standard InChI is InChI=1S/C13H17N3S/c1-2-3-8-16-9-12(17-13(14)15)10-6-4-5-7-11(10)16/h4-7,9H,2-3,8H2,1H3,(H3,14,15). The van der Waals surface area contributed by atoms with Gasteiger partial charge in [-0.05, 0) is 12.5 Å². The maximum atomic E-state index is 7.39. The van der Waals surface area contributed by atoms with Crippen LogP contribution in [0.2, 0.25) is 0 Å². The summed E-state index contributed by atoms with van der Waals surface area (Å²) < 4.78 is 2.25. The highest BCUT2D eigenvalue weighted by Crippen LogP contribution is 2.29. The Morgan fingerprint density at radius 1 is 1.41 bits per heavy atom. The highest BCUT2D eigenvalue weighted by molar-refractivity contribution is 8.13. The summed E-state index contributed by atoms with van der Waals surface area (Å²) in [6.07, 6.45) is 4.46. The molecule has 0 atom stereocenters. The minimum atomic E-state index is 0.142. The van der Waals surface area contributed by atoms with Crippen LogP contribution >= 0.6 is 11.8 Å². The molecule has 0 unspecified atom stereocenters. The maximum Gasteiger partial charge on any atom is 0.156 e. The lowest BCUT2D eigenvalue weighted by molar-refractivity contribution is 0.647. The fourth-order valence-corrected chi connectivity index (χ4v) is 2.63. The van der Waals surface area contributed by atoms with Crippen LogP contribution in [0.5, 0.6) is 0 Å². The van der Waals surface area contributed by atoms with Gasteiger partial charge in [0, 0.05) is 28.5 Å². The second kappa shape index (κ2) is 5.27. The van der Waals surface area contributed by atoms with Gasteiger partial charge in [0.15, 0.2) is 5.17 Å². The van der Waals surface area contributed by atoms with E-state index in [9.17, 15) is 0 Å². The fraction of sp³-hybridized carbons (Fsp3) is 0.308. The van der Waals surface area contributed by atoms with E-state index in [0.717, 1.165) is 11.4 Å². The van der Waals surface area contributed by atoms with Crippen LogP contribution in [-0.2, 0) is 6.54 Å². The Kier molecular flexibility index (Phi) is 3.74. The number of thioether (sulfide) groups is 1. The number of benzene rings is 1. The smallest absolute Gasteiger partial charge is 0.156 e. The molecule has 0 aliphatic carbocycles. The lowest BCUT2D eigenvalue weighted by atomic mass is 10.2. The minimum absolute atomic E-state index is 0.142. The van der Waals surface area contributed by atoms with Crippen LogP contribution in [0.1, 0.15) is 19.8 Å². The molecule has 0 fully saturated rings. The van der Waals surface area contributed by atoms with Crippen molar-refractivity contribution in [3.8, 4) is 0 Å². The van der Waals surface area contributed by atoms with E-state index in [1.165, 1.54) is 35.5 Å². The van der Waals surface area contributed by atoms with Gasteiger partial charge in [0.25, 0.3) is 0 Å². The van der Waals surface area contributed by atoms with Gasteiger partial charge in [-0.3, -0.25) is 5.41 Å². The molecule has 0 saturated heterocycles. The van der Waals surface area contributed by atoms with Crippen molar-refractivity contribution >= 4 is 27.8 Å². The van der Waals surface area contributed by atoms with Gasteiger partial charge in [-0.15, -0.1) is 0 Å². The number of nitrogens with one attached hydrogen (secondary N) is 1. The third kappa shape index (κ3) is 2.64. The molecule has 0 aliphatic heterocycles. The highest BCUT2D eigenvalue weighted by atomic mass is 32.2. The number of nitrogens with zero attached hydrogens (tertiary/aromatic N) is 1. The Bertz CT molecular complexity index is 530. The molecule has 0 saturated carbocycles. The molecule has 3 N–H and O–H groups in total. The topological polar surface area (TPSA) is 54.8 Å². The van der Waals surface area contributed by atoms with Crippen molar-refractivity contribution in [3.05, 3.63) is 30.5 Å². The van der Waals surface area contributed by atoms with E-state index in [0.29, 0.717) is 0 Å². The second-order valence-corrected chi connectivity index (χ2v) is 5.11. The Morgan fingerprint density at radius 2 is 2.18 bits per heavy atom. The van der Waals surface area contributed by atoms with Gasteiger partial charge in [-0.2, -0.15) is 0 Å². The van der Waals surface area contributed by atoms with Gasteiger partial charge >= 0.3 is 0 Å². The van der Waals surface area contributed by atoms with Gasteiger partial charge in [-0.1, -0.05) is 43.3 Å². The molecule has 2 aromatic rings. The summed E-state index contributed by atoms with van der Waals surface area (Å²) >= 11 is 1.32. The molecular weight excluding hydrogens is 230 g/mol. The fourth-order valence-electron chi connectivity index (χ4n) is 1.93. The van der Waals surface area contributed by atoms with Gasteiger partial charge in [0.1, 0.15) is 0 Å². The highest BCUT2D eigenvalue weighted by Gasteiger charge is 2.08. The number of amidine groups is 1. The summed E-state index contributed by atoms with van der Waals surface area (Å²) in [5.41, 5.74) is 6.69. The Balaban J connectivity index is 2.42. The van der Waals surface area contributed by atoms with Crippen LogP contribution < -0.4 is 5.73 Å². The number of para-hydroxylation sites is 1. The number of rotatable bonds is 4. The quantitative estimate of drug-likeness (QED) is 0.494. The number of aryl methyl sites for hydroxylation is 1. The van der Waals surface area contributed by atoms with E-state index in [4.69, 9.17) is 11.1 Å². The Morgan fingerprint density at radius 3 is 2.88 bits per heavy atom. The monoisotopic (exact) mass is 247 g/mol. The molecule has 1 aromatic carbocycles. The Hall–Kier alpha value is -1.42. The van der Waals surface area contributed by atoms with Crippen molar-refractivity contribution in [3.63, 3.8) is 0 Å². The summed E-state index contributed by atoms with van der Waals surface area (Å²) in [4.78, 5) is 1.07. The van der Waals surface area contributed by atoms with Crippen LogP contribution in [0, 0.1) is 5.41 Å². The summed E-state index contributed by atoms with van der Waals surface area (Å²) in [5, 5.41) is 8.71. The zero-order valence-electron chi connectivity index (χ0n) is 9.94. The molecule has 90 valence electrons. The molecule has 0 amide bonds. The van der Waals surface area contributed by atoms with Gasteiger partial charge in [-0.25, -0.2) is 0 Å². The third-order valence-electron chi connectivity index (χ3n) is 2.72. The average molecular weight is 247 g/mol. The number of aromatic nitrogens is 1. The Labute approximate surface area is 106 Å². The number of hydrogen-bond acceptors (Lipinski definition) is 2. The zero-order chi connectivity index (χ0) is 12.3. The molecule has 17 heavy (non-hydrogen) atoms. The van der Waals surface area contributed by atoms with Crippen molar-refractivity contribution in [2.75, 3.05) is 0 Å². The number of nitrogens with two attached hydrogens (primary N) is 1. The van der Waals surface area contributed by atoms with Gasteiger partial charge in [0.2, 0.25) is 0 Å². The van der Waals surface area contributed by atoms with E-state index >= 15 is 0 Å². The molecule has 0 radical (unpaired) electrons. The largest absolute Gasteiger partial charge is 0.378 e. The summed E-state index contributed by atoms with van der Waals surface area (Å²) in [6, 6.07) is 8.28. The van der Waals surface area contributed by atoms with E-state index < -0.39 is 0 Å². The molecule has 3 nitrogen and oxygen atoms in total. The van der Waals surface area contributed by atoms with Crippen molar-refractivity contribution in [1.82, 2.24) is 4.57 Å². The molecule has 1 heterocycles. The molecule has 0 spiro atoms. The number of fused-ring (bicyclic) bond motifs is 1. The molecule has 0 bridgehead atoms. The second-order valence-electron chi connectivity index (χ2n) is 4.02. The van der Waals surface area contributed by atoms with E-state index in [2.05, 4.69) is 29.8 Å². The van der Waals surface area contributed by atoms with Gasteiger partial charge in [0.05, 0.1) is 0 Å². The SMILES string of the molecule is CCCCn1cc(SC(=N)N)c2ccccc21. The molecule has 2 rings (SSSR count). The van der Waals surface area contributed by atoms with Crippen LogP contribution in [0.15, 0.2) is 35.4 Å². The summed E-state index contributed by atoms with van der Waals surface area (Å²) in [5.74, 6) is 0. The van der Waals surface area contributed by atoms with Crippen LogP contribution in [-0.4, -0.2) is 9.73 Å². The third-order valence-corrected chi connectivity index (χ3v) is 3.49. The minimum Gasteiger partial charge on any atom is -0.378 e. The first-order valence-corrected chi connectivity index (χ1v) is 6.63. The van der Waals surface area contributed by atoms with E-state index in [-0.39, 0.29) is 5.17 Å². The number of hydrogen-bond donors (Lipinski definition) is 2. The van der Waals surface area contributed by atoms with Crippen molar-refractivity contribution in [2.24, 2.45) is 5.73 Å². The first kappa shape index (κ1) is 12.0. The molecule has 4 heteroatoms. The van der Waals surface area contributed by atoms with Crippen molar-refractivity contribution in [1.29, 1.82) is 5.41 Å². The summed E-state index contributed by atoms with van der Waals surface area (Å²) in [7, 11) is 0. The van der Waals surface area contributed by atoms with E-state index in [1.807, 2.05) is 12.1 Å². The van der Waals surface area contributed by atoms with Crippen LogP contribution in [0.25, 0.3) is 10.9 Å². The maximum absolute atomic E-state index is 7.39.